The molecule has 0 aliphatic carbocycles. The third kappa shape index (κ3) is 2.93. The molecule has 0 saturated carbocycles. The second-order valence-corrected chi connectivity index (χ2v) is 4.03. The molecule has 2 aromatic rings. The van der Waals surface area contributed by atoms with Crippen molar-refractivity contribution in [2.75, 3.05) is 6.61 Å². The Labute approximate surface area is 111 Å². The lowest BCUT2D eigenvalue weighted by Gasteiger charge is -1.99. The van der Waals surface area contributed by atoms with Crippen LogP contribution >= 0.6 is 0 Å². The van der Waals surface area contributed by atoms with Crippen molar-refractivity contribution in [3.05, 3.63) is 35.5 Å². The lowest BCUT2D eigenvalue weighted by Crippen LogP contribution is -2.18. The number of hydrogen-bond acceptors (Lipinski definition) is 3. The van der Waals surface area contributed by atoms with Crippen LogP contribution in [0.4, 0.5) is 4.79 Å². The highest BCUT2D eigenvalue weighted by molar-refractivity contribution is 6.00. The number of nitrogens with zero attached hydrogens (tertiary/aromatic N) is 1. The summed E-state index contributed by atoms with van der Waals surface area (Å²) < 4.78 is 4.71. The van der Waals surface area contributed by atoms with Crippen molar-refractivity contribution < 1.29 is 9.53 Å². The number of aromatic nitrogens is 1. The van der Waals surface area contributed by atoms with Gasteiger partial charge in [0.25, 0.3) is 0 Å². The number of H-pyrrole nitrogens is 1. The minimum absolute atomic E-state index is 0.328. The van der Waals surface area contributed by atoms with Gasteiger partial charge in [-0.1, -0.05) is 25.1 Å². The van der Waals surface area contributed by atoms with E-state index in [0.717, 1.165) is 22.9 Å². The minimum atomic E-state index is -0.548. The van der Waals surface area contributed by atoms with Crippen LogP contribution < -0.4 is 5.43 Å². The molecule has 1 amide bonds. The van der Waals surface area contributed by atoms with E-state index in [2.05, 4.69) is 28.5 Å². The predicted octanol–water partition coefficient (Wildman–Crippen LogP) is 2.81. The number of nitrogens with one attached hydrogen (secondary N) is 2. The Morgan fingerprint density at radius 1 is 1.47 bits per heavy atom. The summed E-state index contributed by atoms with van der Waals surface area (Å²) in [6, 6.07) is 6.14. The van der Waals surface area contributed by atoms with E-state index in [-0.39, 0.29) is 0 Å². The molecule has 0 spiro atoms. The molecule has 0 atom stereocenters. The molecule has 0 aliphatic heterocycles. The van der Waals surface area contributed by atoms with Gasteiger partial charge in [-0.25, -0.2) is 10.2 Å². The van der Waals surface area contributed by atoms with Crippen LogP contribution in [0.5, 0.6) is 0 Å². The minimum Gasteiger partial charge on any atom is -0.449 e. The summed E-state index contributed by atoms with van der Waals surface area (Å²) in [6.45, 7) is 4.19. The highest BCUT2D eigenvalue weighted by atomic mass is 16.5. The molecule has 0 aliphatic rings. The van der Waals surface area contributed by atoms with Crippen molar-refractivity contribution in [2.45, 2.75) is 20.3 Å². The number of hydrogen-bond donors (Lipinski definition) is 2. The van der Waals surface area contributed by atoms with E-state index in [1.807, 2.05) is 18.3 Å². The molecule has 0 bridgehead atoms. The van der Waals surface area contributed by atoms with Crippen LogP contribution in [0.15, 0.2) is 29.5 Å². The molecule has 1 aromatic heterocycles. The van der Waals surface area contributed by atoms with E-state index in [4.69, 9.17) is 4.74 Å². The first kappa shape index (κ1) is 13.1. The number of aryl methyl sites for hydroxylation is 1. The number of carbonyl (C=O) groups excluding carboxylic acids is 1. The molecule has 19 heavy (non-hydrogen) atoms. The van der Waals surface area contributed by atoms with E-state index in [1.165, 1.54) is 5.56 Å². The normalized spacial score (nSPS) is 11.1. The van der Waals surface area contributed by atoms with Crippen LogP contribution in [0.25, 0.3) is 10.9 Å². The van der Waals surface area contributed by atoms with Crippen LogP contribution in [-0.2, 0) is 11.2 Å². The molecule has 0 fully saturated rings. The average molecular weight is 259 g/mol. The molecule has 0 unspecified atom stereocenters. The monoisotopic (exact) mass is 259 g/mol. The van der Waals surface area contributed by atoms with Gasteiger partial charge in [0.15, 0.2) is 0 Å². The van der Waals surface area contributed by atoms with Crippen molar-refractivity contribution in [1.82, 2.24) is 10.4 Å². The summed E-state index contributed by atoms with van der Waals surface area (Å²) in [6.07, 6.45) is 3.90. The zero-order chi connectivity index (χ0) is 13.7. The van der Waals surface area contributed by atoms with Crippen LogP contribution in [0.3, 0.4) is 0 Å². The zero-order valence-corrected chi connectivity index (χ0v) is 11.1. The van der Waals surface area contributed by atoms with E-state index in [0.29, 0.717) is 6.61 Å². The molecule has 1 heterocycles. The summed E-state index contributed by atoms with van der Waals surface area (Å²) in [4.78, 5) is 14.3. The maximum Gasteiger partial charge on any atom is 0.427 e. The number of ether oxygens (including phenoxy) is 1. The molecule has 2 N–H and O–H groups in total. The molecule has 100 valence electrons. The number of carbonyl (C=O) groups is 1. The van der Waals surface area contributed by atoms with Crippen LogP contribution in [0, 0.1) is 0 Å². The molecule has 1 aromatic carbocycles. The number of amides is 1. The molecule has 0 saturated heterocycles. The number of aromatic amines is 1. The van der Waals surface area contributed by atoms with Gasteiger partial charge < -0.3 is 9.72 Å². The third-order valence-corrected chi connectivity index (χ3v) is 2.85. The van der Waals surface area contributed by atoms with Gasteiger partial charge in [-0.3, -0.25) is 0 Å². The van der Waals surface area contributed by atoms with Gasteiger partial charge in [0.05, 0.1) is 12.8 Å². The largest absolute Gasteiger partial charge is 0.449 e. The first-order valence-electron chi connectivity index (χ1n) is 6.31. The van der Waals surface area contributed by atoms with Crippen molar-refractivity contribution >= 4 is 23.2 Å². The quantitative estimate of drug-likeness (QED) is 0.655. The standard InChI is InChI=1S/C14H17N3O2/c1-3-10-6-5-7-12-11(8-15-13(10)12)9-16-17-14(18)19-4-2/h5-9,15H,3-4H2,1-2H3,(H,17,18)/b16-9+. The maximum absolute atomic E-state index is 11.1. The molecule has 5 nitrogen and oxygen atoms in total. The van der Waals surface area contributed by atoms with E-state index < -0.39 is 6.09 Å². The summed E-state index contributed by atoms with van der Waals surface area (Å²) in [5.74, 6) is 0. The van der Waals surface area contributed by atoms with E-state index >= 15 is 0 Å². The second kappa shape index (κ2) is 6.04. The fourth-order valence-electron chi connectivity index (χ4n) is 1.96. The molecule has 0 radical (unpaired) electrons. The Bertz CT molecular complexity index is 602. The SMILES string of the molecule is CCOC(=O)N/N=C/c1c[nH]c2c(CC)cccc12. The van der Waals surface area contributed by atoms with Crippen molar-refractivity contribution in [3.8, 4) is 0 Å². The summed E-state index contributed by atoms with van der Waals surface area (Å²) in [5.41, 5.74) is 5.62. The first-order valence-corrected chi connectivity index (χ1v) is 6.31. The predicted molar refractivity (Wildman–Crippen MR) is 75.4 cm³/mol. The summed E-state index contributed by atoms with van der Waals surface area (Å²) in [7, 11) is 0. The van der Waals surface area contributed by atoms with E-state index in [1.54, 1.807) is 13.1 Å². The van der Waals surface area contributed by atoms with Crippen LogP contribution in [-0.4, -0.2) is 23.9 Å². The topological polar surface area (TPSA) is 66.5 Å². The van der Waals surface area contributed by atoms with Gasteiger partial charge in [-0.05, 0) is 18.9 Å². The second-order valence-electron chi connectivity index (χ2n) is 4.03. The van der Waals surface area contributed by atoms with Gasteiger partial charge in [0.1, 0.15) is 0 Å². The van der Waals surface area contributed by atoms with Gasteiger partial charge in [0.2, 0.25) is 0 Å². The highest BCUT2D eigenvalue weighted by Crippen LogP contribution is 2.20. The molecule has 5 heteroatoms. The zero-order valence-electron chi connectivity index (χ0n) is 11.1. The van der Waals surface area contributed by atoms with Crippen molar-refractivity contribution in [3.63, 3.8) is 0 Å². The van der Waals surface area contributed by atoms with Crippen molar-refractivity contribution in [1.29, 1.82) is 0 Å². The van der Waals surface area contributed by atoms with Gasteiger partial charge >= 0.3 is 6.09 Å². The molecule has 2 rings (SSSR count). The average Bonchev–Trinajstić information content (AvgIpc) is 2.82. The Hall–Kier alpha value is -2.30. The fraction of sp³-hybridized carbons (Fsp3) is 0.286. The van der Waals surface area contributed by atoms with Gasteiger partial charge in [0, 0.05) is 22.7 Å². The lowest BCUT2D eigenvalue weighted by atomic mass is 10.1. The molecular weight excluding hydrogens is 242 g/mol. The summed E-state index contributed by atoms with van der Waals surface area (Å²) >= 11 is 0. The Kier molecular flexibility index (Phi) is 4.18. The van der Waals surface area contributed by atoms with E-state index in [9.17, 15) is 4.79 Å². The summed E-state index contributed by atoms with van der Waals surface area (Å²) in [5, 5.41) is 4.96. The van der Waals surface area contributed by atoms with Gasteiger partial charge in [-0.15, -0.1) is 0 Å². The maximum atomic E-state index is 11.1. The van der Waals surface area contributed by atoms with Gasteiger partial charge in [-0.2, -0.15) is 5.10 Å². The molecular formula is C14H17N3O2. The Balaban J connectivity index is 2.18. The number of rotatable bonds is 4. The number of para-hydroxylation sites is 1. The smallest absolute Gasteiger partial charge is 0.427 e. The third-order valence-electron chi connectivity index (χ3n) is 2.85. The van der Waals surface area contributed by atoms with Crippen LogP contribution in [0.1, 0.15) is 25.0 Å². The fourth-order valence-corrected chi connectivity index (χ4v) is 1.96. The first-order chi connectivity index (χ1) is 9.26. The number of fused-ring (bicyclic) bond motifs is 1. The Morgan fingerprint density at radius 2 is 2.32 bits per heavy atom. The lowest BCUT2D eigenvalue weighted by molar-refractivity contribution is 0.152. The number of benzene rings is 1. The highest BCUT2D eigenvalue weighted by Gasteiger charge is 2.04. The van der Waals surface area contributed by atoms with Crippen molar-refractivity contribution in [2.24, 2.45) is 5.10 Å². The van der Waals surface area contributed by atoms with Crippen LogP contribution in [0.2, 0.25) is 0 Å². The Morgan fingerprint density at radius 3 is 3.05 bits per heavy atom. The number of hydrazone groups is 1.